The number of hydrogen-bond acceptors (Lipinski definition) is 6. The smallest absolute Gasteiger partial charge is 0.240 e. The largest absolute Gasteiger partial charge is 0.292 e. The maximum absolute atomic E-state index is 5.50. The van der Waals surface area contributed by atoms with Crippen molar-refractivity contribution in [2.45, 2.75) is 33.6 Å². The minimum atomic E-state index is 0.412. The molecule has 0 aliphatic carbocycles. The number of nitrogens with one attached hydrogen (secondary N) is 1. The van der Waals surface area contributed by atoms with Crippen molar-refractivity contribution in [1.29, 1.82) is 0 Å². The molecule has 6 nitrogen and oxygen atoms in total. The number of nitrogens with two attached hydrogens (primary N) is 1. The first kappa shape index (κ1) is 14.0. The molecule has 0 saturated carbocycles. The fourth-order valence-electron chi connectivity index (χ4n) is 2.34. The molecule has 0 spiro atoms. The summed E-state index contributed by atoms with van der Waals surface area (Å²) in [6.07, 6.45) is 1.80. The molecule has 3 rings (SSSR count). The lowest BCUT2D eigenvalue weighted by Gasteiger charge is -2.08. The summed E-state index contributed by atoms with van der Waals surface area (Å²) in [6.45, 7) is 6.28. The zero-order valence-corrected chi connectivity index (χ0v) is 13.2. The molecule has 0 radical (unpaired) electrons. The molecule has 0 atom stereocenters. The van der Waals surface area contributed by atoms with E-state index >= 15 is 0 Å². The van der Waals surface area contributed by atoms with E-state index in [1.54, 1.807) is 11.3 Å². The number of hydrogen-bond donors (Lipinski definition) is 2. The van der Waals surface area contributed by atoms with Gasteiger partial charge in [0.2, 0.25) is 5.95 Å². The number of nitrogens with zero attached hydrogens (tertiary/aromatic N) is 4. The summed E-state index contributed by atoms with van der Waals surface area (Å²) in [5, 5.41) is 5.68. The number of nitrogen functional groups attached to an aromatic ring is 1. The van der Waals surface area contributed by atoms with E-state index in [-0.39, 0.29) is 0 Å². The Morgan fingerprint density at radius 3 is 2.71 bits per heavy atom. The normalized spacial score (nSPS) is 11.2. The summed E-state index contributed by atoms with van der Waals surface area (Å²) in [7, 11) is 0. The van der Waals surface area contributed by atoms with Crippen LogP contribution in [0.4, 0.5) is 5.95 Å². The highest BCUT2D eigenvalue weighted by atomic mass is 32.1. The van der Waals surface area contributed by atoms with Crippen LogP contribution in [0.15, 0.2) is 12.1 Å². The van der Waals surface area contributed by atoms with Crippen molar-refractivity contribution >= 4 is 27.5 Å². The van der Waals surface area contributed by atoms with E-state index in [4.69, 9.17) is 5.84 Å². The summed E-state index contributed by atoms with van der Waals surface area (Å²) in [4.78, 5) is 11.0. The second-order valence-electron chi connectivity index (χ2n) is 4.84. The lowest BCUT2D eigenvalue weighted by molar-refractivity contribution is 0.777. The van der Waals surface area contributed by atoms with Gasteiger partial charge in [-0.1, -0.05) is 13.8 Å². The Labute approximate surface area is 127 Å². The van der Waals surface area contributed by atoms with E-state index in [0.717, 1.165) is 40.3 Å². The van der Waals surface area contributed by atoms with Crippen LogP contribution < -0.4 is 11.3 Å². The molecule has 0 aromatic carbocycles. The van der Waals surface area contributed by atoms with Crippen molar-refractivity contribution in [2.75, 3.05) is 5.43 Å². The molecule has 3 aromatic heterocycles. The van der Waals surface area contributed by atoms with Crippen LogP contribution in [0.5, 0.6) is 0 Å². The average Bonchev–Trinajstić information content (AvgIpc) is 3.07. The van der Waals surface area contributed by atoms with Gasteiger partial charge in [0.05, 0.1) is 11.1 Å². The minimum Gasteiger partial charge on any atom is -0.292 e. The third-order valence-corrected chi connectivity index (χ3v) is 4.33. The third-order valence-electron chi connectivity index (χ3n) is 3.38. The molecule has 0 aliphatic rings. The summed E-state index contributed by atoms with van der Waals surface area (Å²) < 4.78 is 1.91. The van der Waals surface area contributed by atoms with E-state index in [1.807, 2.05) is 4.68 Å². The lowest BCUT2D eigenvalue weighted by Crippen LogP contribution is -2.13. The molecule has 3 aromatic rings. The van der Waals surface area contributed by atoms with Crippen LogP contribution in [0.1, 0.15) is 30.1 Å². The monoisotopic (exact) mass is 302 g/mol. The van der Waals surface area contributed by atoms with Gasteiger partial charge >= 0.3 is 0 Å². The number of anilines is 1. The molecule has 0 aliphatic heterocycles. The summed E-state index contributed by atoms with van der Waals surface area (Å²) in [6, 6.07) is 4.23. The van der Waals surface area contributed by atoms with Gasteiger partial charge in [0.15, 0.2) is 5.82 Å². The van der Waals surface area contributed by atoms with Crippen LogP contribution in [0.3, 0.4) is 0 Å². The molecule has 7 heteroatoms. The third kappa shape index (κ3) is 2.38. The second-order valence-corrected chi connectivity index (χ2v) is 6.07. The quantitative estimate of drug-likeness (QED) is 0.572. The molecule has 3 heterocycles. The van der Waals surface area contributed by atoms with E-state index in [1.165, 1.54) is 4.88 Å². The molecule has 0 unspecified atom stereocenters. The summed E-state index contributed by atoms with van der Waals surface area (Å²) in [5.41, 5.74) is 4.74. The van der Waals surface area contributed by atoms with Gasteiger partial charge in [0.25, 0.3) is 0 Å². The van der Waals surface area contributed by atoms with Gasteiger partial charge in [-0.25, -0.2) is 15.5 Å². The fourth-order valence-corrected chi connectivity index (χ4v) is 3.21. The van der Waals surface area contributed by atoms with Gasteiger partial charge < -0.3 is 0 Å². The Kier molecular flexibility index (Phi) is 3.60. The first-order chi connectivity index (χ1) is 10.2. The van der Waals surface area contributed by atoms with Crippen molar-refractivity contribution in [3.8, 4) is 5.82 Å². The predicted octanol–water partition coefficient (Wildman–Crippen LogP) is 2.60. The first-order valence-electron chi connectivity index (χ1n) is 6.99. The highest BCUT2D eigenvalue weighted by Gasteiger charge is 2.15. The molecule has 0 saturated heterocycles. The topological polar surface area (TPSA) is 81.7 Å². The van der Waals surface area contributed by atoms with Crippen molar-refractivity contribution < 1.29 is 0 Å². The standard InChI is InChI=1S/C14H18N6S/c1-4-9-7-10(5-2)20(19-9)12-11-6-8(3)21-13(11)17-14(16-12)18-15/h6-7H,4-5,15H2,1-3H3,(H,16,17,18). The second kappa shape index (κ2) is 5.42. The van der Waals surface area contributed by atoms with E-state index < -0.39 is 0 Å². The van der Waals surface area contributed by atoms with E-state index in [0.29, 0.717) is 5.95 Å². The van der Waals surface area contributed by atoms with Crippen molar-refractivity contribution in [1.82, 2.24) is 19.7 Å². The molecular weight excluding hydrogens is 284 g/mol. The number of thiophene rings is 1. The van der Waals surface area contributed by atoms with Crippen LogP contribution in [0, 0.1) is 6.92 Å². The molecule has 21 heavy (non-hydrogen) atoms. The Hall–Kier alpha value is -1.99. The zero-order valence-electron chi connectivity index (χ0n) is 12.3. The van der Waals surface area contributed by atoms with Gasteiger partial charge in [-0.05, 0) is 31.9 Å². The molecule has 110 valence electrons. The van der Waals surface area contributed by atoms with Crippen molar-refractivity contribution in [3.63, 3.8) is 0 Å². The molecule has 3 N–H and O–H groups in total. The number of fused-ring (bicyclic) bond motifs is 1. The van der Waals surface area contributed by atoms with E-state index in [2.05, 4.69) is 53.4 Å². The van der Waals surface area contributed by atoms with E-state index in [9.17, 15) is 0 Å². The van der Waals surface area contributed by atoms with Gasteiger partial charge in [-0.15, -0.1) is 11.3 Å². The van der Waals surface area contributed by atoms with Gasteiger partial charge in [-0.2, -0.15) is 10.1 Å². The number of rotatable bonds is 4. The number of aryl methyl sites for hydroxylation is 3. The Morgan fingerprint density at radius 2 is 2.05 bits per heavy atom. The fraction of sp³-hybridized carbons (Fsp3) is 0.357. The van der Waals surface area contributed by atoms with Gasteiger partial charge in [-0.3, -0.25) is 5.43 Å². The molecule has 0 bridgehead atoms. The first-order valence-corrected chi connectivity index (χ1v) is 7.80. The number of hydrazine groups is 1. The minimum absolute atomic E-state index is 0.412. The predicted molar refractivity (Wildman–Crippen MR) is 85.8 cm³/mol. The summed E-state index contributed by atoms with van der Waals surface area (Å²) in [5.74, 6) is 6.69. The maximum Gasteiger partial charge on any atom is 0.240 e. The van der Waals surface area contributed by atoms with Gasteiger partial charge in [0, 0.05) is 10.6 Å². The summed E-state index contributed by atoms with van der Waals surface area (Å²) >= 11 is 1.63. The van der Waals surface area contributed by atoms with Crippen LogP contribution >= 0.6 is 11.3 Å². The van der Waals surface area contributed by atoms with Crippen LogP contribution in [-0.4, -0.2) is 19.7 Å². The number of aromatic nitrogens is 4. The SMILES string of the molecule is CCc1cc(CC)n(-c2nc(NN)nc3sc(C)cc23)n1. The Balaban J connectivity index is 2.30. The van der Waals surface area contributed by atoms with Crippen molar-refractivity contribution in [3.05, 3.63) is 28.4 Å². The Bertz CT molecular complexity index is 788. The molecule has 0 fully saturated rings. The Morgan fingerprint density at radius 1 is 1.24 bits per heavy atom. The highest BCUT2D eigenvalue weighted by Crippen LogP contribution is 2.29. The molecule has 0 amide bonds. The maximum atomic E-state index is 5.50. The lowest BCUT2D eigenvalue weighted by atomic mass is 10.2. The molecular formula is C14H18N6S. The van der Waals surface area contributed by atoms with Crippen LogP contribution in [0.25, 0.3) is 16.0 Å². The van der Waals surface area contributed by atoms with Crippen LogP contribution in [0.2, 0.25) is 0 Å². The average molecular weight is 302 g/mol. The van der Waals surface area contributed by atoms with Crippen LogP contribution in [-0.2, 0) is 12.8 Å². The zero-order chi connectivity index (χ0) is 15.0. The highest BCUT2D eigenvalue weighted by molar-refractivity contribution is 7.18. The van der Waals surface area contributed by atoms with Gasteiger partial charge in [0.1, 0.15) is 4.83 Å². The van der Waals surface area contributed by atoms with Crippen molar-refractivity contribution in [2.24, 2.45) is 5.84 Å².